The van der Waals surface area contributed by atoms with E-state index in [4.69, 9.17) is 4.74 Å². The van der Waals surface area contributed by atoms with Gasteiger partial charge in [0.2, 0.25) is 0 Å². The minimum absolute atomic E-state index is 0. The molecule has 0 spiro atoms. The number of rotatable bonds is 5. The Morgan fingerprint density at radius 1 is 1.00 bits per heavy atom. The number of halogens is 3. The van der Waals surface area contributed by atoms with Crippen molar-refractivity contribution in [1.82, 2.24) is 0 Å². The molecule has 0 aliphatic rings. The second-order valence-corrected chi connectivity index (χ2v) is 4.70. The number of benzene rings is 2. The average molecular weight is 318 g/mol. The van der Waals surface area contributed by atoms with Gasteiger partial charge in [0.05, 0.1) is 12.4 Å². The van der Waals surface area contributed by atoms with Crippen LogP contribution in [0.25, 0.3) is 0 Å². The molecule has 0 aromatic heterocycles. The second kappa shape index (κ2) is 8.39. The number of ether oxygens (including phenoxy) is 1. The van der Waals surface area contributed by atoms with Crippen molar-refractivity contribution in [2.24, 2.45) is 0 Å². The van der Waals surface area contributed by atoms with Gasteiger partial charge in [0, 0.05) is 6.42 Å². The molecule has 1 nitrogen and oxygen atoms in total. The van der Waals surface area contributed by atoms with E-state index in [9.17, 15) is 12.9 Å². The molecule has 0 saturated carbocycles. The molecule has 0 aliphatic heterocycles. The van der Waals surface area contributed by atoms with Crippen LogP contribution in [0.3, 0.4) is 0 Å². The minimum atomic E-state index is -5.06. The van der Waals surface area contributed by atoms with Gasteiger partial charge in [-0.2, -0.15) is 0 Å². The van der Waals surface area contributed by atoms with Crippen LogP contribution in [-0.4, -0.2) is 13.6 Å². The normalized spacial score (nSPS) is 10.9. The molecule has 0 fully saturated rings. The first-order valence-electron chi connectivity index (χ1n) is 6.44. The summed E-state index contributed by atoms with van der Waals surface area (Å²) in [4.78, 5) is 0. The van der Waals surface area contributed by atoms with E-state index in [1.807, 2.05) is 30.3 Å². The zero-order valence-corrected chi connectivity index (χ0v) is 15.3. The molecule has 0 atom stereocenters. The Bertz CT molecular complexity index is 573. The van der Waals surface area contributed by atoms with Crippen LogP contribution in [0.2, 0.25) is 0 Å². The maximum absolute atomic E-state index is 13.0. The predicted molar refractivity (Wildman–Crippen MR) is 75.5 cm³/mol. The molecule has 0 saturated heterocycles. The van der Waals surface area contributed by atoms with Crippen LogP contribution in [0.15, 0.2) is 48.5 Å². The largest absolute Gasteiger partial charge is 1.00 e. The SMILES string of the molecule is Cc1ccc(OCCc2ccccc2)c([B-](F)(F)F)c1.[K+]. The maximum Gasteiger partial charge on any atom is 1.00 e. The molecule has 0 N–H and O–H groups in total. The van der Waals surface area contributed by atoms with Crippen molar-refractivity contribution in [2.45, 2.75) is 13.3 Å². The van der Waals surface area contributed by atoms with Gasteiger partial charge in [0.15, 0.2) is 0 Å². The molecular weight excluding hydrogens is 303 g/mol. The van der Waals surface area contributed by atoms with Crippen molar-refractivity contribution in [1.29, 1.82) is 0 Å². The second-order valence-electron chi connectivity index (χ2n) is 4.70. The Morgan fingerprint density at radius 3 is 2.29 bits per heavy atom. The third-order valence-electron chi connectivity index (χ3n) is 3.01. The zero-order valence-electron chi connectivity index (χ0n) is 12.2. The van der Waals surface area contributed by atoms with E-state index in [-0.39, 0.29) is 63.7 Å². The maximum atomic E-state index is 13.0. The summed E-state index contributed by atoms with van der Waals surface area (Å²) in [5.41, 5.74) is 0.964. The van der Waals surface area contributed by atoms with Crippen LogP contribution in [0.5, 0.6) is 5.75 Å². The van der Waals surface area contributed by atoms with Crippen LogP contribution in [0.4, 0.5) is 12.9 Å². The van der Waals surface area contributed by atoms with Crippen molar-refractivity contribution in [3.8, 4) is 5.75 Å². The number of hydrogen-bond donors (Lipinski definition) is 0. The third kappa shape index (κ3) is 5.79. The minimum Gasteiger partial charge on any atom is -0.496 e. The summed E-state index contributed by atoms with van der Waals surface area (Å²) in [7, 11) is 0. The average Bonchev–Trinajstić information content (AvgIpc) is 2.40. The van der Waals surface area contributed by atoms with Crippen LogP contribution in [-0.2, 0) is 6.42 Å². The topological polar surface area (TPSA) is 9.23 Å². The van der Waals surface area contributed by atoms with Crippen molar-refractivity contribution in [2.75, 3.05) is 6.61 Å². The molecule has 106 valence electrons. The van der Waals surface area contributed by atoms with E-state index in [0.717, 1.165) is 11.6 Å². The van der Waals surface area contributed by atoms with E-state index in [1.165, 1.54) is 6.07 Å². The standard InChI is InChI=1S/C15H15BF3O.K/c1-12-7-8-15(14(11-12)16(17,18)19)20-10-9-13-5-3-2-4-6-13;/h2-8,11H,9-10H2,1H3;/q-1;+1. The van der Waals surface area contributed by atoms with Crippen molar-refractivity contribution in [3.63, 3.8) is 0 Å². The van der Waals surface area contributed by atoms with Crippen molar-refractivity contribution >= 4 is 12.4 Å². The molecule has 0 aliphatic carbocycles. The van der Waals surface area contributed by atoms with Crippen LogP contribution >= 0.6 is 0 Å². The van der Waals surface area contributed by atoms with Gasteiger partial charge in [-0.1, -0.05) is 53.5 Å². The Labute approximate surface area is 165 Å². The zero-order chi connectivity index (χ0) is 14.6. The molecule has 0 radical (unpaired) electrons. The first kappa shape index (κ1) is 18.8. The van der Waals surface area contributed by atoms with Gasteiger partial charge in [0.1, 0.15) is 0 Å². The fraction of sp³-hybridized carbons (Fsp3) is 0.200. The molecule has 0 heterocycles. The van der Waals surface area contributed by atoms with E-state index in [2.05, 4.69) is 0 Å². The van der Waals surface area contributed by atoms with Gasteiger partial charge < -0.3 is 17.7 Å². The van der Waals surface area contributed by atoms with Crippen molar-refractivity contribution < 1.29 is 69.1 Å². The van der Waals surface area contributed by atoms with Gasteiger partial charge in [-0.3, -0.25) is 0 Å². The summed E-state index contributed by atoms with van der Waals surface area (Å²) in [6, 6.07) is 13.7. The van der Waals surface area contributed by atoms with Crippen molar-refractivity contribution in [3.05, 3.63) is 59.7 Å². The first-order chi connectivity index (χ1) is 9.47. The third-order valence-corrected chi connectivity index (χ3v) is 3.01. The summed E-state index contributed by atoms with van der Waals surface area (Å²) in [6.45, 7) is -3.19. The van der Waals surface area contributed by atoms with E-state index < -0.39 is 12.4 Å². The fourth-order valence-corrected chi connectivity index (χ4v) is 1.98. The Kier molecular flexibility index (Phi) is 7.50. The Balaban J connectivity index is 0.00000220. The van der Waals surface area contributed by atoms with Gasteiger partial charge >= 0.3 is 58.4 Å². The Morgan fingerprint density at radius 2 is 1.67 bits per heavy atom. The summed E-state index contributed by atoms with van der Waals surface area (Å²) in [5, 5.41) is 0. The van der Waals surface area contributed by atoms with Gasteiger partial charge in [-0.25, -0.2) is 0 Å². The predicted octanol–water partition coefficient (Wildman–Crippen LogP) is 0.675. The first-order valence-corrected chi connectivity index (χ1v) is 6.44. The molecule has 2 aromatic carbocycles. The van der Waals surface area contributed by atoms with Crippen LogP contribution < -0.4 is 61.6 Å². The van der Waals surface area contributed by atoms with E-state index in [1.54, 1.807) is 13.0 Å². The molecule has 2 rings (SSSR count). The quantitative estimate of drug-likeness (QED) is 0.737. The molecule has 6 heteroatoms. The van der Waals surface area contributed by atoms with Gasteiger partial charge in [-0.05, 0) is 18.6 Å². The van der Waals surface area contributed by atoms with Crippen LogP contribution in [0.1, 0.15) is 11.1 Å². The van der Waals surface area contributed by atoms with Gasteiger partial charge in [0.25, 0.3) is 0 Å². The molecule has 2 aromatic rings. The fourth-order valence-electron chi connectivity index (χ4n) is 1.98. The molecule has 0 bridgehead atoms. The Hall–Kier alpha value is -0.269. The smallest absolute Gasteiger partial charge is 0.496 e. The number of hydrogen-bond acceptors (Lipinski definition) is 1. The van der Waals surface area contributed by atoms with E-state index in [0.29, 0.717) is 12.0 Å². The summed E-state index contributed by atoms with van der Waals surface area (Å²) in [5.74, 6) is -0.0842. The van der Waals surface area contributed by atoms with Gasteiger partial charge in [-0.15, -0.1) is 0 Å². The summed E-state index contributed by atoms with van der Waals surface area (Å²) >= 11 is 0. The molecular formula is C15H15BF3KO. The summed E-state index contributed by atoms with van der Waals surface area (Å²) < 4.78 is 44.2. The summed E-state index contributed by atoms with van der Waals surface area (Å²) in [6.07, 6.45) is 0.582. The molecule has 21 heavy (non-hydrogen) atoms. The molecule has 0 unspecified atom stereocenters. The van der Waals surface area contributed by atoms with Crippen LogP contribution in [0, 0.1) is 6.92 Å². The van der Waals surface area contributed by atoms with E-state index >= 15 is 0 Å². The monoisotopic (exact) mass is 318 g/mol. The number of aryl methyl sites for hydroxylation is 1. The molecule has 0 amide bonds.